The normalized spacial score (nSPS) is 12.8. The van der Waals surface area contributed by atoms with E-state index < -0.39 is 0 Å². The molecule has 0 saturated carbocycles. The molecule has 0 fully saturated rings. The van der Waals surface area contributed by atoms with Crippen LogP contribution >= 0.6 is 0 Å². The first-order valence-electron chi connectivity index (χ1n) is 5.84. The van der Waals surface area contributed by atoms with Gasteiger partial charge in [-0.05, 0) is 39.3 Å². The largest absolute Gasteiger partial charge is 0.302 e. The van der Waals surface area contributed by atoms with E-state index in [0.29, 0.717) is 12.8 Å². The Morgan fingerprint density at radius 2 is 1.80 bits per heavy atom. The number of carbonyl (C=O) groups is 2. The lowest BCUT2D eigenvalue weighted by Crippen LogP contribution is -2.38. The SMILES string of the molecule is CCCN(CCC)C(C=O)CCC(C)=O. The molecule has 0 spiro atoms. The van der Waals surface area contributed by atoms with Gasteiger partial charge < -0.3 is 9.59 Å². The Hall–Kier alpha value is -0.700. The van der Waals surface area contributed by atoms with Gasteiger partial charge in [0.15, 0.2) is 0 Å². The molecule has 0 aromatic heterocycles. The van der Waals surface area contributed by atoms with Crippen molar-refractivity contribution in [2.45, 2.75) is 52.5 Å². The van der Waals surface area contributed by atoms with Gasteiger partial charge in [0.25, 0.3) is 0 Å². The van der Waals surface area contributed by atoms with Gasteiger partial charge in [-0.2, -0.15) is 0 Å². The van der Waals surface area contributed by atoms with Gasteiger partial charge in [-0.3, -0.25) is 4.90 Å². The minimum atomic E-state index is -0.0752. The van der Waals surface area contributed by atoms with Crippen LogP contribution in [0.25, 0.3) is 0 Å². The molecule has 0 radical (unpaired) electrons. The lowest BCUT2D eigenvalue weighted by molar-refractivity contribution is -0.118. The van der Waals surface area contributed by atoms with Gasteiger partial charge >= 0.3 is 0 Å². The molecular formula is C12H23NO2. The molecule has 0 N–H and O–H groups in total. The Morgan fingerprint density at radius 3 is 2.13 bits per heavy atom. The molecule has 0 aromatic rings. The van der Waals surface area contributed by atoms with E-state index in [4.69, 9.17) is 0 Å². The van der Waals surface area contributed by atoms with E-state index >= 15 is 0 Å². The molecule has 0 aliphatic carbocycles. The van der Waals surface area contributed by atoms with Crippen LogP contribution < -0.4 is 0 Å². The van der Waals surface area contributed by atoms with Crippen molar-refractivity contribution >= 4 is 12.1 Å². The number of nitrogens with zero attached hydrogens (tertiary/aromatic N) is 1. The van der Waals surface area contributed by atoms with Crippen LogP contribution in [-0.2, 0) is 9.59 Å². The zero-order chi connectivity index (χ0) is 11.7. The highest BCUT2D eigenvalue weighted by Crippen LogP contribution is 2.07. The molecule has 0 bridgehead atoms. The molecule has 0 aromatic carbocycles. The highest BCUT2D eigenvalue weighted by molar-refractivity contribution is 5.76. The third-order valence-electron chi connectivity index (χ3n) is 2.44. The highest BCUT2D eigenvalue weighted by Gasteiger charge is 2.16. The zero-order valence-electron chi connectivity index (χ0n) is 10.2. The molecule has 15 heavy (non-hydrogen) atoms. The van der Waals surface area contributed by atoms with Crippen molar-refractivity contribution in [2.75, 3.05) is 13.1 Å². The maximum Gasteiger partial charge on any atom is 0.137 e. The van der Waals surface area contributed by atoms with E-state index in [1.165, 1.54) is 0 Å². The second-order valence-electron chi connectivity index (χ2n) is 3.98. The number of rotatable bonds is 9. The van der Waals surface area contributed by atoms with E-state index in [0.717, 1.165) is 32.2 Å². The fourth-order valence-corrected chi connectivity index (χ4v) is 1.71. The topological polar surface area (TPSA) is 37.4 Å². The van der Waals surface area contributed by atoms with Gasteiger partial charge in [0.1, 0.15) is 12.1 Å². The van der Waals surface area contributed by atoms with Crippen LogP contribution in [0.5, 0.6) is 0 Å². The smallest absolute Gasteiger partial charge is 0.137 e. The summed E-state index contributed by atoms with van der Waals surface area (Å²) >= 11 is 0. The molecule has 1 unspecified atom stereocenters. The number of aldehydes is 1. The van der Waals surface area contributed by atoms with Gasteiger partial charge in [-0.1, -0.05) is 13.8 Å². The molecule has 1 atom stereocenters. The summed E-state index contributed by atoms with van der Waals surface area (Å²) in [5.41, 5.74) is 0. The molecular weight excluding hydrogens is 190 g/mol. The van der Waals surface area contributed by atoms with Crippen LogP contribution in [0.4, 0.5) is 0 Å². The average molecular weight is 213 g/mol. The summed E-state index contributed by atoms with van der Waals surface area (Å²) in [6, 6.07) is -0.0752. The molecule has 0 rings (SSSR count). The Bertz CT molecular complexity index is 186. The fraction of sp³-hybridized carbons (Fsp3) is 0.833. The fourth-order valence-electron chi connectivity index (χ4n) is 1.71. The van der Waals surface area contributed by atoms with E-state index in [1.54, 1.807) is 6.92 Å². The first-order valence-corrected chi connectivity index (χ1v) is 5.84. The highest BCUT2D eigenvalue weighted by atomic mass is 16.1. The summed E-state index contributed by atoms with van der Waals surface area (Å²) < 4.78 is 0. The predicted molar refractivity (Wildman–Crippen MR) is 61.9 cm³/mol. The first kappa shape index (κ1) is 14.3. The maximum atomic E-state index is 11.0. The molecule has 0 aliphatic rings. The number of hydrogen-bond acceptors (Lipinski definition) is 3. The van der Waals surface area contributed by atoms with E-state index in [2.05, 4.69) is 18.7 Å². The lowest BCUT2D eigenvalue weighted by atomic mass is 10.1. The van der Waals surface area contributed by atoms with E-state index in [1.807, 2.05) is 0 Å². The van der Waals surface area contributed by atoms with Crippen molar-refractivity contribution in [1.82, 2.24) is 4.90 Å². The van der Waals surface area contributed by atoms with Crippen LogP contribution in [0, 0.1) is 0 Å². The second-order valence-corrected chi connectivity index (χ2v) is 3.98. The molecule has 88 valence electrons. The summed E-state index contributed by atoms with van der Waals surface area (Å²) in [7, 11) is 0. The van der Waals surface area contributed by atoms with E-state index in [-0.39, 0.29) is 11.8 Å². The monoisotopic (exact) mass is 213 g/mol. The third-order valence-corrected chi connectivity index (χ3v) is 2.44. The van der Waals surface area contributed by atoms with Gasteiger partial charge in [0.2, 0.25) is 0 Å². The average Bonchev–Trinajstić information content (AvgIpc) is 2.19. The molecule has 0 aliphatic heterocycles. The quantitative estimate of drug-likeness (QED) is 0.550. The summed E-state index contributed by atoms with van der Waals surface area (Å²) in [5, 5.41) is 0. The first-order chi connectivity index (χ1) is 7.15. The molecule has 3 heteroatoms. The van der Waals surface area contributed by atoms with Crippen LogP contribution in [-0.4, -0.2) is 36.1 Å². The lowest BCUT2D eigenvalue weighted by Gasteiger charge is -2.26. The van der Waals surface area contributed by atoms with Crippen molar-refractivity contribution in [1.29, 1.82) is 0 Å². The van der Waals surface area contributed by atoms with E-state index in [9.17, 15) is 9.59 Å². The van der Waals surface area contributed by atoms with Crippen molar-refractivity contribution in [3.63, 3.8) is 0 Å². The maximum absolute atomic E-state index is 11.0. The van der Waals surface area contributed by atoms with Crippen molar-refractivity contribution in [3.05, 3.63) is 0 Å². The zero-order valence-corrected chi connectivity index (χ0v) is 10.2. The summed E-state index contributed by atoms with van der Waals surface area (Å²) in [6.07, 6.45) is 4.25. The van der Waals surface area contributed by atoms with Crippen LogP contribution in [0.15, 0.2) is 0 Å². The molecule has 0 heterocycles. The van der Waals surface area contributed by atoms with Crippen molar-refractivity contribution in [2.24, 2.45) is 0 Å². The van der Waals surface area contributed by atoms with Crippen LogP contribution in [0.3, 0.4) is 0 Å². The van der Waals surface area contributed by atoms with Gasteiger partial charge in [-0.25, -0.2) is 0 Å². The van der Waals surface area contributed by atoms with Crippen LogP contribution in [0.2, 0.25) is 0 Å². The van der Waals surface area contributed by atoms with Gasteiger partial charge in [0, 0.05) is 6.42 Å². The Morgan fingerprint density at radius 1 is 1.27 bits per heavy atom. The van der Waals surface area contributed by atoms with Crippen LogP contribution in [0.1, 0.15) is 46.5 Å². The molecule has 3 nitrogen and oxygen atoms in total. The van der Waals surface area contributed by atoms with Crippen molar-refractivity contribution < 1.29 is 9.59 Å². The van der Waals surface area contributed by atoms with Gasteiger partial charge in [0.05, 0.1) is 6.04 Å². The Labute approximate surface area is 92.8 Å². The van der Waals surface area contributed by atoms with Crippen molar-refractivity contribution in [3.8, 4) is 0 Å². The number of hydrogen-bond donors (Lipinski definition) is 0. The number of Topliss-reactive ketones (excluding diaryl/α,β-unsaturated/α-hetero) is 1. The summed E-state index contributed by atoms with van der Waals surface area (Å²) in [4.78, 5) is 24.0. The third kappa shape index (κ3) is 6.39. The molecule has 0 amide bonds. The number of ketones is 1. The number of carbonyl (C=O) groups excluding carboxylic acids is 2. The van der Waals surface area contributed by atoms with Gasteiger partial charge in [-0.15, -0.1) is 0 Å². The minimum Gasteiger partial charge on any atom is -0.302 e. The minimum absolute atomic E-state index is 0.0752. The Balaban J connectivity index is 4.16. The predicted octanol–water partition coefficient (Wildman–Crippen LogP) is 2.05. The summed E-state index contributed by atoms with van der Waals surface area (Å²) in [5.74, 6) is 0.162. The summed E-state index contributed by atoms with van der Waals surface area (Å²) in [6.45, 7) is 7.67. The second kappa shape index (κ2) is 8.60. The Kier molecular flexibility index (Phi) is 8.19. The molecule has 0 saturated heterocycles. The standard InChI is InChI=1S/C12H23NO2/c1-4-8-13(9-5-2)12(10-14)7-6-11(3)15/h10,12H,4-9H2,1-3H3.